The number of nitrogen functional groups attached to an aromatic ring is 1. The van der Waals surface area contributed by atoms with E-state index in [2.05, 4.69) is 10.5 Å². The Labute approximate surface area is 142 Å². The van der Waals surface area contributed by atoms with E-state index in [9.17, 15) is 4.79 Å². The first-order valence-electron chi connectivity index (χ1n) is 7.20. The molecular weight excluding hydrogens is 322 g/mol. The predicted molar refractivity (Wildman–Crippen MR) is 89.4 cm³/mol. The Morgan fingerprint density at radius 2 is 2.20 bits per heavy atom. The lowest BCUT2D eigenvalue weighted by Gasteiger charge is -2.10. The number of hydrogen-bond acceptors (Lipinski definition) is 7. The normalized spacial score (nSPS) is 10.2. The molecule has 2 heterocycles. The van der Waals surface area contributed by atoms with Crippen molar-refractivity contribution < 1.29 is 13.7 Å². The van der Waals surface area contributed by atoms with Gasteiger partial charge in [0.1, 0.15) is 6.07 Å². The van der Waals surface area contributed by atoms with Crippen LogP contribution in [0.15, 0.2) is 45.7 Å². The minimum Gasteiger partial charge on any atom is -0.472 e. The maximum atomic E-state index is 12.3. The largest absolute Gasteiger partial charge is 0.472 e. The number of nitriles is 1. The van der Waals surface area contributed by atoms with E-state index < -0.39 is 5.91 Å². The fourth-order valence-electron chi connectivity index (χ4n) is 2.25. The molecule has 0 unspecified atom stereocenters. The quantitative estimate of drug-likeness (QED) is 0.494. The second-order valence-electron chi connectivity index (χ2n) is 5.24. The van der Waals surface area contributed by atoms with Crippen LogP contribution in [0.3, 0.4) is 0 Å². The molecule has 0 aliphatic carbocycles. The van der Waals surface area contributed by atoms with Crippen molar-refractivity contribution in [2.45, 2.75) is 6.92 Å². The summed E-state index contributed by atoms with van der Waals surface area (Å²) >= 11 is 0. The first kappa shape index (κ1) is 16.0. The van der Waals surface area contributed by atoms with Crippen molar-refractivity contribution >= 4 is 23.0 Å². The van der Waals surface area contributed by atoms with Gasteiger partial charge in [-0.15, -0.1) is 0 Å². The summed E-state index contributed by atoms with van der Waals surface area (Å²) in [6.45, 7) is 1.58. The topological polar surface area (TPSA) is 142 Å². The highest BCUT2D eigenvalue weighted by atomic mass is 16.5. The van der Waals surface area contributed by atoms with E-state index in [1.165, 1.54) is 12.5 Å². The molecule has 0 fully saturated rings. The summed E-state index contributed by atoms with van der Waals surface area (Å²) in [7, 11) is 0. The van der Waals surface area contributed by atoms with Crippen LogP contribution in [0.1, 0.15) is 32.9 Å². The Kier molecular flexibility index (Phi) is 4.05. The molecule has 0 radical (unpaired) electrons. The number of anilines is 2. The number of aromatic nitrogens is 1. The van der Waals surface area contributed by atoms with E-state index in [4.69, 9.17) is 25.3 Å². The number of rotatable bonds is 4. The monoisotopic (exact) mass is 335 g/mol. The summed E-state index contributed by atoms with van der Waals surface area (Å²) < 4.78 is 9.78. The van der Waals surface area contributed by atoms with Gasteiger partial charge >= 0.3 is 0 Å². The summed E-state index contributed by atoms with van der Waals surface area (Å²) in [5.41, 5.74) is 8.35. The van der Waals surface area contributed by atoms with Crippen LogP contribution >= 0.6 is 0 Å². The maximum absolute atomic E-state index is 12.3. The van der Waals surface area contributed by atoms with Crippen LogP contribution in [-0.4, -0.2) is 16.8 Å². The van der Waals surface area contributed by atoms with Crippen LogP contribution in [0.5, 0.6) is 0 Å². The van der Waals surface area contributed by atoms with E-state index >= 15 is 0 Å². The lowest BCUT2D eigenvalue weighted by atomic mass is 10.0. The number of furan rings is 1. The summed E-state index contributed by atoms with van der Waals surface area (Å²) in [5, 5.41) is 23.3. The second-order valence-corrected chi connectivity index (χ2v) is 5.24. The van der Waals surface area contributed by atoms with Gasteiger partial charge < -0.3 is 20.0 Å². The fourth-order valence-corrected chi connectivity index (χ4v) is 2.25. The van der Waals surface area contributed by atoms with Crippen molar-refractivity contribution in [2.24, 2.45) is 0 Å². The molecule has 4 N–H and O–H groups in total. The molecule has 0 saturated heterocycles. The summed E-state index contributed by atoms with van der Waals surface area (Å²) in [6, 6.07) is 8.26. The molecule has 0 aliphatic heterocycles. The van der Waals surface area contributed by atoms with Crippen LogP contribution in [0.4, 0.5) is 11.4 Å². The van der Waals surface area contributed by atoms with Gasteiger partial charge in [-0.2, -0.15) is 5.26 Å². The molecule has 0 aliphatic rings. The molecule has 0 spiro atoms. The number of nitrogens with two attached hydrogens (primary N) is 1. The third-order valence-electron chi connectivity index (χ3n) is 3.63. The smallest absolute Gasteiger partial charge is 0.278 e. The summed E-state index contributed by atoms with van der Waals surface area (Å²) in [4.78, 5) is 12.3. The van der Waals surface area contributed by atoms with Gasteiger partial charge in [-0.05, 0) is 31.2 Å². The number of hydrogen-bond donors (Lipinski definition) is 3. The summed E-state index contributed by atoms with van der Waals surface area (Å²) in [6.07, 6.45) is 2.90. The Hall–Kier alpha value is -3.86. The molecule has 0 atom stereocenters. The molecule has 8 heteroatoms. The molecule has 124 valence electrons. The van der Waals surface area contributed by atoms with Crippen molar-refractivity contribution in [2.75, 3.05) is 11.1 Å². The van der Waals surface area contributed by atoms with Crippen molar-refractivity contribution in [1.82, 2.24) is 5.16 Å². The van der Waals surface area contributed by atoms with Gasteiger partial charge in [0.2, 0.25) is 5.76 Å². The van der Waals surface area contributed by atoms with Crippen LogP contribution < -0.4 is 11.1 Å². The first-order valence-corrected chi connectivity index (χ1v) is 7.20. The van der Waals surface area contributed by atoms with Crippen LogP contribution in [0.2, 0.25) is 0 Å². The molecular formula is C17H13N5O3. The van der Waals surface area contributed by atoms with Crippen molar-refractivity contribution in [1.29, 1.82) is 10.7 Å². The third kappa shape index (κ3) is 2.98. The number of carbonyl (C=O) groups is 1. The van der Waals surface area contributed by atoms with E-state index in [0.717, 1.165) is 0 Å². The minimum absolute atomic E-state index is 0.00937. The average Bonchev–Trinajstić information content (AvgIpc) is 3.25. The van der Waals surface area contributed by atoms with E-state index in [0.29, 0.717) is 28.1 Å². The molecule has 8 nitrogen and oxygen atoms in total. The van der Waals surface area contributed by atoms with Crippen molar-refractivity contribution in [3.8, 4) is 6.07 Å². The maximum Gasteiger partial charge on any atom is 0.278 e. The Balaban J connectivity index is 1.87. The van der Waals surface area contributed by atoms with Crippen LogP contribution in [0.25, 0.3) is 0 Å². The highest BCUT2D eigenvalue weighted by Crippen LogP contribution is 2.22. The second kappa shape index (κ2) is 6.33. The standard InChI is InChI=1S/C17H13N5O3/c1-9-14(7-18)25-22-16(9)17(23)21-11-2-3-13(19)12(6-11)15(20)10-4-5-24-8-10/h2-6,8,20H,19H2,1H3,(H,21,23). The number of amides is 1. The predicted octanol–water partition coefficient (Wildman–Crippen LogP) is 2.70. The zero-order valence-corrected chi connectivity index (χ0v) is 13.2. The number of carbonyl (C=O) groups excluding carboxylic acids is 1. The van der Waals surface area contributed by atoms with Gasteiger partial charge in [0.25, 0.3) is 5.91 Å². The van der Waals surface area contributed by atoms with Gasteiger partial charge in [-0.3, -0.25) is 10.2 Å². The van der Waals surface area contributed by atoms with Crippen molar-refractivity contribution in [3.05, 3.63) is 64.9 Å². The van der Waals surface area contributed by atoms with E-state index in [1.54, 1.807) is 31.2 Å². The van der Waals surface area contributed by atoms with Crippen LogP contribution in [-0.2, 0) is 0 Å². The lowest BCUT2D eigenvalue weighted by molar-refractivity contribution is 0.101. The highest BCUT2D eigenvalue weighted by molar-refractivity contribution is 6.14. The number of nitrogens with one attached hydrogen (secondary N) is 2. The molecule has 2 aromatic heterocycles. The van der Waals surface area contributed by atoms with Gasteiger partial charge in [0.05, 0.1) is 18.2 Å². The lowest BCUT2D eigenvalue weighted by Crippen LogP contribution is -2.14. The molecule has 3 aromatic rings. The number of benzene rings is 1. The van der Waals surface area contributed by atoms with Crippen molar-refractivity contribution in [3.63, 3.8) is 0 Å². The average molecular weight is 335 g/mol. The van der Waals surface area contributed by atoms with Gasteiger partial charge in [-0.25, -0.2) is 0 Å². The molecule has 1 aromatic carbocycles. The Morgan fingerprint density at radius 1 is 1.40 bits per heavy atom. The fraction of sp³-hybridized carbons (Fsp3) is 0.0588. The zero-order chi connectivity index (χ0) is 18.0. The zero-order valence-electron chi connectivity index (χ0n) is 13.2. The van der Waals surface area contributed by atoms with Gasteiger partial charge in [0, 0.05) is 28.1 Å². The van der Waals surface area contributed by atoms with Gasteiger partial charge in [0.15, 0.2) is 5.69 Å². The Morgan fingerprint density at radius 3 is 2.84 bits per heavy atom. The molecule has 25 heavy (non-hydrogen) atoms. The Bertz CT molecular complexity index is 996. The molecule has 0 bridgehead atoms. The highest BCUT2D eigenvalue weighted by Gasteiger charge is 2.19. The summed E-state index contributed by atoms with van der Waals surface area (Å²) in [5.74, 6) is -0.529. The molecule has 3 rings (SSSR count). The number of nitrogens with zero attached hydrogens (tertiary/aromatic N) is 2. The van der Waals surface area contributed by atoms with E-state index in [-0.39, 0.29) is 17.2 Å². The minimum atomic E-state index is -0.520. The van der Waals surface area contributed by atoms with E-state index in [1.807, 2.05) is 6.07 Å². The van der Waals surface area contributed by atoms with Crippen LogP contribution in [0, 0.1) is 23.7 Å². The third-order valence-corrected chi connectivity index (χ3v) is 3.63. The van der Waals surface area contributed by atoms with Gasteiger partial charge in [-0.1, -0.05) is 5.16 Å². The SMILES string of the molecule is Cc1c(C(=O)Nc2ccc(N)c(C(=N)c3ccoc3)c2)noc1C#N. The first-order chi connectivity index (χ1) is 12.0. The molecule has 1 amide bonds. The molecule has 0 saturated carbocycles.